The van der Waals surface area contributed by atoms with E-state index in [0.29, 0.717) is 0 Å². The third-order valence-corrected chi connectivity index (χ3v) is 2.35. The van der Waals surface area contributed by atoms with Gasteiger partial charge in [0.05, 0.1) is 0 Å². The highest BCUT2D eigenvalue weighted by atomic mass is 32.2. The first-order valence-corrected chi connectivity index (χ1v) is 4.93. The van der Waals surface area contributed by atoms with Gasteiger partial charge in [-0.2, -0.15) is 13.2 Å². The number of alkyl halides is 3. The van der Waals surface area contributed by atoms with Crippen molar-refractivity contribution in [3.63, 3.8) is 0 Å². The Balaban J connectivity index is 2.93. The SMILES string of the molecule is CSc1ccc(C(=O)C(F)(F)F)cc1. The molecule has 1 aromatic rings. The van der Waals surface area contributed by atoms with Gasteiger partial charge >= 0.3 is 6.18 Å². The predicted molar refractivity (Wildman–Crippen MR) is 48.6 cm³/mol. The second kappa shape index (κ2) is 4.04. The Morgan fingerprint density at radius 3 is 2.07 bits per heavy atom. The van der Waals surface area contributed by atoms with Gasteiger partial charge in [-0.3, -0.25) is 4.79 Å². The number of carbonyl (C=O) groups excluding carboxylic acids is 1. The lowest BCUT2D eigenvalue weighted by Gasteiger charge is -2.05. The summed E-state index contributed by atoms with van der Waals surface area (Å²) in [5.74, 6) is -1.80. The Hall–Kier alpha value is -0.970. The van der Waals surface area contributed by atoms with Gasteiger partial charge in [0.25, 0.3) is 5.78 Å². The molecule has 0 aliphatic carbocycles. The van der Waals surface area contributed by atoms with Crippen molar-refractivity contribution in [2.45, 2.75) is 11.1 Å². The molecule has 0 unspecified atom stereocenters. The fourth-order valence-corrected chi connectivity index (χ4v) is 1.31. The quantitative estimate of drug-likeness (QED) is 0.562. The normalized spacial score (nSPS) is 11.4. The third kappa shape index (κ3) is 2.51. The zero-order valence-electron chi connectivity index (χ0n) is 7.26. The Bertz CT molecular complexity index is 329. The van der Waals surface area contributed by atoms with E-state index in [-0.39, 0.29) is 5.56 Å². The van der Waals surface area contributed by atoms with E-state index in [1.165, 1.54) is 36.0 Å². The summed E-state index contributed by atoms with van der Waals surface area (Å²) in [6.07, 6.45) is -2.98. The maximum atomic E-state index is 12.0. The Morgan fingerprint density at radius 1 is 1.21 bits per heavy atom. The maximum absolute atomic E-state index is 12.0. The van der Waals surface area contributed by atoms with Gasteiger partial charge < -0.3 is 0 Å². The molecule has 1 aromatic carbocycles. The summed E-state index contributed by atoms with van der Waals surface area (Å²) in [6.45, 7) is 0. The molecular formula is C9H7F3OS. The van der Waals surface area contributed by atoms with Gasteiger partial charge in [-0.1, -0.05) is 0 Å². The number of halogens is 3. The molecule has 0 aromatic heterocycles. The van der Waals surface area contributed by atoms with E-state index in [2.05, 4.69) is 0 Å². The average Bonchev–Trinajstić information content (AvgIpc) is 2.15. The summed E-state index contributed by atoms with van der Waals surface area (Å²) < 4.78 is 35.9. The molecule has 76 valence electrons. The largest absolute Gasteiger partial charge is 0.454 e. The van der Waals surface area contributed by atoms with Crippen LogP contribution in [0, 0.1) is 0 Å². The first-order chi connectivity index (χ1) is 6.45. The molecular weight excluding hydrogens is 213 g/mol. The number of hydrogen-bond donors (Lipinski definition) is 0. The number of carbonyl (C=O) groups is 1. The summed E-state index contributed by atoms with van der Waals surface area (Å²) in [7, 11) is 0. The minimum absolute atomic E-state index is 0.324. The zero-order chi connectivity index (χ0) is 10.8. The monoisotopic (exact) mass is 220 g/mol. The highest BCUT2D eigenvalue weighted by molar-refractivity contribution is 7.98. The Kier molecular flexibility index (Phi) is 3.21. The Morgan fingerprint density at radius 2 is 1.71 bits per heavy atom. The topological polar surface area (TPSA) is 17.1 Å². The molecule has 0 heterocycles. The Labute approximate surface area is 83.3 Å². The molecule has 0 aliphatic heterocycles. The van der Waals surface area contributed by atoms with Crippen LogP contribution in [0.4, 0.5) is 13.2 Å². The van der Waals surface area contributed by atoms with Crippen molar-refractivity contribution in [2.24, 2.45) is 0 Å². The maximum Gasteiger partial charge on any atom is 0.454 e. The number of benzene rings is 1. The van der Waals surface area contributed by atoms with E-state index < -0.39 is 12.0 Å². The predicted octanol–water partition coefficient (Wildman–Crippen LogP) is 3.15. The first-order valence-electron chi connectivity index (χ1n) is 3.70. The third-order valence-electron chi connectivity index (χ3n) is 1.61. The lowest BCUT2D eigenvalue weighted by molar-refractivity contribution is -0.0885. The molecule has 14 heavy (non-hydrogen) atoms. The van der Waals surface area contributed by atoms with Crippen LogP contribution in [-0.2, 0) is 0 Å². The summed E-state index contributed by atoms with van der Waals surface area (Å²) in [6, 6.07) is 5.34. The molecule has 0 aliphatic rings. The highest BCUT2D eigenvalue weighted by Gasteiger charge is 2.38. The molecule has 0 saturated carbocycles. The van der Waals surface area contributed by atoms with Crippen LogP contribution in [0.3, 0.4) is 0 Å². The molecule has 0 fully saturated rings. The number of rotatable bonds is 2. The van der Waals surface area contributed by atoms with Gasteiger partial charge in [-0.05, 0) is 30.5 Å². The summed E-state index contributed by atoms with van der Waals surface area (Å²) in [5, 5.41) is 0. The average molecular weight is 220 g/mol. The molecule has 0 spiro atoms. The van der Waals surface area contributed by atoms with E-state index in [1.54, 1.807) is 6.26 Å². The van der Waals surface area contributed by atoms with Gasteiger partial charge in [0, 0.05) is 10.5 Å². The zero-order valence-corrected chi connectivity index (χ0v) is 8.08. The van der Waals surface area contributed by atoms with E-state index in [1.807, 2.05) is 0 Å². The summed E-state index contributed by atoms with van der Waals surface area (Å²) in [5.41, 5.74) is -0.324. The number of Topliss-reactive ketones (excluding diaryl/α,β-unsaturated/α-hetero) is 1. The number of thioether (sulfide) groups is 1. The van der Waals surface area contributed by atoms with Crippen LogP contribution >= 0.6 is 11.8 Å². The molecule has 5 heteroatoms. The fraction of sp³-hybridized carbons (Fsp3) is 0.222. The minimum atomic E-state index is -4.79. The van der Waals surface area contributed by atoms with Crippen molar-refractivity contribution in [3.8, 4) is 0 Å². The molecule has 0 atom stereocenters. The van der Waals surface area contributed by atoms with Crippen LogP contribution in [-0.4, -0.2) is 18.2 Å². The van der Waals surface area contributed by atoms with Gasteiger partial charge in [-0.15, -0.1) is 11.8 Å². The van der Waals surface area contributed by atoms with Crippen LogP contribution in [0.2, 0.25) is 0 Å². The van der Waals surface area contributed by atoms with E-state index >= 15 is 0 Å². The van der Waals surface area contributed by atoms with Crippen LogP contribution in [0.1, 0.15) is 10.4 Å². The van der Waals surface area contributed by atoms with Crippen LogP contribution in [0.5, 0.6) is 0 Å². The lowest BCUT2D eigenvalue weighted by atomic mass is 10.1. The van der Waals surface area contributed by atoms with E-state index in [4.69, 9.17) is 0 Å². The fourth-order valence-electron chi connectivity index (χ4n) is 0.906. The summed E-state index contributed by atoms with van der Waals surface area (Å²) >= 11 is 1.40. The number of hydrogen-bond acceptors (Lipinski definition) is 2. The van der Waals surface area contributed by atoms with Crippen molar-refractivity contribution in [2.75, 3.05) is 6.26 Å². The molecule has 0 saturated heterocycles. The molecule has 0 N–H and O–H groups in total. The molecule has 0 bridgehead atoms. The summed E-state index contributed by atoms with van der Waals surface area (Å²) in [4.78, 5) is 11.6. The van der Waals surface area contributed by atoms with Crippen molar-refractivity contribution in [3.05, 3.63) is 29.8 Å². The van der Waals surface area contributed by atoms with Crippen molar-refractivity contribution in [1.82, 2.24) is 0 Å². The van der Waals surface area contributed by atoms with E-state index in [0.717, 1.165) is 4.90 Å². The molecule has 1 nitrogen and oxygen atoms in total. The second-order valence-corrected chi connectivity index (χ2v) is 3.44. The lowest BCUT2D eigenvalue weighted by Crippen LogP contribution is -2.22. The van der Waals surface area contributed by atoms with E-state index in [9.17, 15) is 18.0 Å². The van der Waals surface area contributed by atoms with Crippen LogP contribution in [0.15, 0.2) is 29.2 Å². The molecule has 0 amide bonds. The van der Waals surface area contributed by atoms with Crippen LogP contribution < -0.4 is 0 Å². The molecule has 0 radical (unpaired) electrons. The molecule has 1 rings (SSSR count). The van der Waals surface area contributed by atoms with Gasteiger partial charge in [0.15, 0.2) is 0 Å². The van der Waals surface area contributed by atoms with Gasteiger partial charge in [0.1, 0.15) is 0 Å². The van der Waals surface area contributed by atoms with Crippen molar-refractivity contribution >= 4 is 17.5 Å². The van der Waals surface area contributed by atoms with Gasteiger partial charge in [0.2, 0.25) is 0 Å². The number of ketones is 1. The van der Waals surface area contributed by atoms with Gasteiger partial charge in [-0.25, -0.2) is 0 Å². The van der Waals surface area contributed by atoms with Crippen LogP contribution in [0.25, 0.3) is 0 Å². The van der Waals surface area contributed by atoms with Crippen molar-refractivity contribution < 1.29 is 18.0 Å². The standard InChI is InChI=1S/C9H7F3OS/c1-14-7-4-2-6(3-5-7)8(13)9(10,11)12/h2-5H,1H3. The first kappa shape index (κ1) is 11.1. The smallest absolute Gasteiger partial charge is 0.284 e. The van der Waals surface area contributed by atoms with Crippen molar-refractivity contribution in [1.29, 1.82) is 0 Å². The highest BCUT2D eigenvalue weighted by Crippen LogP contribution is 2.23. The second-order valence-electron chi connectivity index (χ2n) is 2.56. The minimum Gasteiger partial charge on any atom is -0.284 e.